The molecule has 0 bridgehead atoms. The largest absolute Gasteiger partial charge is 0.494 e. The van der Waals surface area contributed by atoms with E-state index in [1.807, 2.05) is 19.9 Å². The van der Waals surface area contributed by atoms with Crippen LogP contribution in [-0.4, -0.2) is 25.3 Å². The Bertz CT molecular complexity index is 1380. The molecule has 0 heterocycles. The number of thioether (sulfide) groups is 1. The highest BCUT2D eigenvalue weighted by atomic mass is 32.2. The molecule has 0 radical (unpaired) electrons. The predicted octanol–water partition coefficient (Wildman–Crippen LogP) is 7.51. The third kappa shape index (κ3) is 7.94. The lowest BCUT2D eigenvalue weighted by Gasteiger charge is -2.27. The van der Waals surface area contributed by atoms with E-state index in [0.29, 0.717) is 33.2 Å². The van der Waals surface area contributed by atoms with E-state index in [1.165, 1.54) is 43.1 Å². The van der Waals surface area contributed by atoms with Gasteiger partial charge in [-0.15, -0.1) is 0 Å². The summed E-state index contributed by atoms with van der Waals surface area (Å²) < 4.78 is 39.2. The molecule has 204 valence electrons. The molecular weight excluding hydrogens is 520 g/mol. The second kappa shape index (κ2) is 13.6. The van der Waals surface area contributed by atoms with Crippen LogP contribution in [0.15, 0.2) is 83.1 Å². The first kappa shape index (κ1) is 29.4. The molecule has 3 aromatic rings. The number of halogens is 2. The maximum Gasteiger partial charge on any atom is 0.257 e. The number of anilines is 2. The number of rotatable bonds is 12. The van der Waals surface area contributed by atoms with E-state index in [-0.39, 0.29) is 17.5 Å². The van der Waals surface area contributed by atoms with Gasteiger partial charge in [-0.1, -0.05) is 30.5 Å². The van der Waals surface area contributed by atoms with E-state index in [9.17, 15) is 13.6 Å². The van der Waals surface area contributed by atoms with Gasteiger partial charge in [0.25, 0.3) is 5.91 Å². The minimum absolute atomic E-state index is 0.0862. The summed E-state index contributed by atoms with van der Waals surface area (Å²) in [6.07, 6.45) is 2.26. The smallest absolute Gasteiger partial charge is 0.257 e. The first-order valence-corrected chi connectivity index (χ1v) is 12.9. The molecule has 6 nitrogen and oxygen atoms in total. The lowest BCUT2D eigenvalue weighted by atomic mass is 10.0. The van der Waals surface area contributed by atoms with Gasteiger partial charge < -0.3 is 25.5 Å². The molecule has 3 aromatic carbocycles. The van der Waals surface area contributed by atoms with Crippen LogP contribution in [0.3, 0.4) is 0 Å². The van der Waals surface area contributed by atoms with Crippen LogP contribution in [0, 0.1) is 17.0 Å². The summed E-state index contributed by atoms with van der Waals surface area (Å²) in [7, 11) is 1.38. The number of nitrogens with one attached hydrogen (secondary N) is 3. The highest BCUT2D eigenvalue weighted by molar-refractivity contribution is 8.07. The molecule has 0 aromatic heterocycles. The van der Waals surface area contributed by atoms with Crippen molar-refractivity contribution in [1.82, 2.24) is 5.32 Å². The summed E-state index contributed by atoms with van der Waals surface area (Å²) in [5.74, 6) is -0.792. The monoisotopic (exact) mass is 551 g/mol. The van der Waals surface area contributed by atoms with Crippen molar-refractivity contribution in [3.63, 3.8) is 0 Å². The van der Waals surface area contributed by atoms with E-state index >= 15 is 0 Å². The molecule has 1 unspecified atom stereocenters. The fourth-order valence-electron chi connectivity index (χ4n) is 3.66. The molecule has 3 N–H and O–H groups in total. The molecule has 39 heavy (non-hydrogen) atoms. The van der Waals surface area contributed by atoms with Crippen LogP contribution in [0.4, 0.5) is 20.2 Å². The third-order valence-electron chi connectivity index (χ3n) is 5.83. The number of allylic oxidation sites excluding steroid dienone is 2. The molecule has 0 saturated heterocycles. The van der Waals surface area contributed by atoms with Crippen LogP contribution >= 0.6 is 11.8 Å². The minimum atomic E-state index is -0.788. The second-order valence-corrected chi connectivity index (χ2v) is 9.99. The molecule has 2 atom stereocenters. The highest BCUT2D eigenvalue weighted by Crippen LogP contribution is 2.32. The number of carbonyl (C=O) groups excluding carboxylic acids is 1. The highest BCUT2D eigenvalue weighted by Gasteiger charge is 2.26. The molecule has 3 rings (SSSR count). The average Bonchev–Trinajstić information content (AvgIpc) is 2.93. The Labute approximate surface area is 231 Å². The van der Waals surface area contributed by atoms with E-state index < -0.39 is 18.0 Å². The Morgan fingerprint density at radius 1 is 1.10 bits per heavy atom. The zero-order valence-electron chi connectivity index (χ0n) is 22.2. The zero-order valence-corrected chi connectivity index (χ0v) is 23.0. The lowest BCUT2D eigenvalue weighted by Crippen LogP contribution is -2.39. The van der Waals surface area contributed by atoms with Crippen molar-refractivity contribution >= 4 is 35.3 Å². The van der Waals surface area contributed by atoms with E-state index in [4.69, 9.17) is 14.9 Å². The van der Waals surface area contributed by atoms with Gasteiger partial charge in [-0.25, -0.2) is 8.78 Å². The molecule has 0 aliphatic heterocycles. The third-order valence-corrected chi connectivity index (χ3v) is 6.82. The van der Waals surface area contributed by atoms with Crippen LogP contribution < -0.4 is 20.1 Å². The van der Waals surface area contributed by atoms with Gasteiger partial charge in [-0.2, -0.15) is 0 Å². The van der Waals surface area contributed by atoms with Gasteiger partial charge in [0, 0.05) is 23.2 Å². The van der Waals surface area contributed by atoms with Crippen molar-refractivity contribution in [1.29, 1.82) is 5.41 Å². The summed E-state index contributed by atoms with van der Waals surface area (Å²) in [5, 5.41) is 13.9. The standard InChI is InChI=1S/C30H31F2N3O3S/c1-6-18(2)39-20(4)30(36)34-19(3)29(21-7-14-28(37-5)26(32)16-21)38-25-12-13-27(22(15-25)17-33)35-24-10-8-23(31)9-11-24/h6-17,19,29,33,35H,4H2,1-3,5H3,(H,34,36)/b18-6-,33-17?/t19?,29-/m0/s1. The Morgan fingerprint density at radius 2 is 1.82 bits per heavy atom. The number of ether oxygens (including phenoxy) is 2. The second-order valence-electron chi connectivity index (χ2n) is 8.64. The first-order chi connectivity index (χ1) is 18.6. The Kier molecular flexibility index (Phi) is 10.3. The summed E-state index contributed by atoms with van der Waals surface area (Å²) >= 11 is 1.26. The molecule has 0 aliphatic carbocycles. The Hall–Kier alpha value is -4.11. The number of hydrogen-bond donors (Lipinski definition) is 3. The molecule has 0 fully saturated rings. The van der Waals surface area contributed by atoms with Crippen LogP contribution in [0.5, 0.6) is 11.5 Å². The van der Waals surface area contributed by atoms with Gasteiger partial charge in [0.05, 0.1) is 18.1 Å². The molecule has 9 heteroatoms. The van der Waals surface area contributed by atoms with Crippen LogP contribution in [0.1, 0.15) is 38.0 Å². The number of amides is 1. The van der Waals surface area contributed by atoms with E-state index in [1.54, 1.807) is 43.3 Å². The Balaban J connectivity index is 1.89. The van der Waals surface area contributed by atoms with Crippen molar-refractivity contribution in [3.8, 4) is 11.5 Å². The van der Waals surface area contributed by atoms with E-state index in [0.717, 1.165) is 11.1 Å². The number of benzene rings is 3. The molecule has 1 amide bonds. The fraction of sp³-hybridized carbons (Fsp3) is 0.200. The number of hydrogen-bond acceptors (Lipinski definition) is 6. The number of carbonyl (C=O) groups is 1. The fourth-order valence-corrected chi connectivity index (χ4v) is 4.32. The summed E-state index contributed by atoms with van der Waals surface area (Å²) in [6.45, 7) is 9.38. The van der Waals surface area contributed by atoms with Gasteiger partial charge in [0.15, 0.2) is 11.6 Å². The van der Waals surface area contributed by atoms with Crippen molar-refractivity contribution in [2.45, 2.75) is 32.9 Å². The maximum absolute atomic E-state index is 14.6. The van der Waals surface area contributed by atoms with Crippen molar-refractivity contribution in [3.05, 3.63) is 106 Å². The molecule has 0 spiro atoms. The minimum Gasteiger partial charge on any atom is -0.494 e. The van der Waals surface area contributed by atoms with Gasteiger partial charge in [0.1, 0.15) is 17.7 Å². The molecule has 0 saturated carbocycles. The topological polar surface area (TPSA) is 83.4 Å². The summed E-state index contributed by atoms with van der Waals surface area (Å²) in [4.78, 5) is 14.1. The van der Waals surface area contributed by atoms with Crippen LogP contribution in [-0.2, 0) is 4.79 Å². The average molecular weight is 552 g/mol. The van der Waals surface area contributed by atoms with Gasteiger partial charge in [-0.05, 0) is 85.8 Å². The normalized spacial score (nSPS) is 12.7. The molecular formula is C30H31F2N3O3S. The lowest BCUT2D eigenvalue weighted by molar-refractivity contribution is -0.118. The molecule has 0 aliphatic rings. The van der Waals surface area contributed by atoms with E-state index in [2.05, 4.69) is 17.2 Å². The van der Waals surface area contributed by atoms with Crippen LogP contribution in [0.25, 0.3) is 0 Å². The SMILES string of the molecule is C=C(S/C(C)=C\C)C(=O)NC(C)[C@H](Oc1ccc(Nc2ccc(F)cc2)c(C=N)c1)c1ccc(OC)c(F)c1. The first-order valence-electron chi connectivity index (χ1n) is 12.1. The van der Waals surface area contributed by atoms with Crippen molar-refractivity contribution in [2.24, 2.45) is 0 Å². The van der Waals surface area contributed by atoms with Gasteiger partial charge in [0.2, 0.25) is 0 Å². The van der Waals surface area contributed by atoms with Crippen molar-refractivity contribution in [2.75, 3.05) is 12.4 Å². The maximum atomic E-state index is 14.6. The Morgan fingerprint density at radius 3 is 2.44 bits per heavy atom. The summed E-state index contributed by atoms with van der Waals surface area (Å²) in [6, 6.07) is 14.8. The summed E-state index contributed by atoms with van der Waals surface area (Å²) in [5.41, 5.74) is 2.26. The van der Waals surface area contributed by atoms with Gasteiger partial charge >= 0.3 is 0 Å². The van der Waals surface area contributed by atoms with Crippen LogP contribution in [0.2, 0.25) is 0 Å². The van der Waals surface area contributed by atoms with Gasteiger partial charge in [-0.3, -0.25) is 4.79 Å². The number of methoxy groups -OCH3 is 1. The zero-order chi connectivity index (χ0) is 28.5. The quantitative estimate of drug-likeness (QED) is 0.160. The van der Waals surface area contributed by atoms with Crippen molar-refractivity contribution < 1.29 is 23.0 Å². The predicted molar refractivity (Wildman–Crippen MR) is 154 cm³/mol.